The van der Waals surface area contributed by atoms with E-state index in [9.17, 15) is 5.21 Å². The largest absolute Gasteiger partial charge is 0.389 e. The highest BCUT2D eigenvalue weighted by molar-refractivity contribution is 8.13. The van der Waals surface area contributed by atoms with Gasteiger partial charge < -0.3 is 9.36 Å². The number of rotatable bonds is 2. The van der Waals surface area contributed by atoms with E-state index < -0.39 is 0 Å². The van der Waals surface area contributed by atoms with Crippen molar-refractivity contribution >= 4 is 16.8 Å². The molecule has 0 aromatic carbocycles. The van der Waals surface area contributed by atoms with Crippen LogP contribution in [-0.4, -0.2) is 10.6 Å². The monoisotopic (exact) mass is 256 g/mol. The Bertz CT molecular complexity index is 466. The molecule has 17 heavy (non-hydrogen) atoms. The smallest absolute Gasteiger partial charge is 0.247 e. The van der Waals surface area contributed by atoms with Gasteiger partial charge in [0.2, 0.25) is 5.69 Å². The third kappa shape index (κ3) is 2.57. The van der Waals surface area contributed by atoms with E-state index in [1.165, 1.54) is 0 Å². The summed E-state index contributed by atoms with van der Waals surface area (Å²) in [6.07, 6.45) is 0.811. The number of thioether (sulfide) groups is 1. The quantitative estimate of drug-likeness (QED) is 0.761. The number of hydrogen-bond acceptors (Lipinski definition) is 5. The van der Waals surface area contributed by atoms with E-state index in [2.05, 4.69) is 5.16 Å². The van der Waals surface area contributed by atoms with Crippen LogP contribution in [0.2, 0.25) is 0 Å². The van der Waals surface area contributed by atoms with Crippen molar-refractivity contribution in [1.82, 2.24) is 0 Å². The van der Waals surface area contributed by atoms with Gasteiger partial charge in [0.1, 0.15) is 10.6 Å². The average molecular weight is 256 g/mol. The summed E-state index contributed by atoms with van der Waals surface area (Å²) in [7, 11) is 0. The fraction of sp³-hybridized carbons (Fsp3) is 0.636. The van der Waals surface area contributed by atoms with Gasteiger partial charge in [0.25, 0.3) is 0 Å². The Labute approximate surface area is 104 Å². The Morgan fingerprint density at radius 1 is 1.47 bits per heavy atom. The van der Waals surface area contributed by atoms with Crippen LogP contribution in [0.25, 0.3) is 0 Å². The lowest BCUT2D eigenvalue weighted by Gasteiger charge is -2.12. The van der Waals surface area contributed by atoms with Crippen LogP contribution in [0.4, 0.5) is 0 Å². The Morgan fingerprint density at radius 2 is 2.18 bits per heavy atom. The van der Waals surface area contributed by atoms with E-state index in [1.807, 2.05) is 13.8 Å². The van der Waals surface area contributed by atoms with Crippen molar-refractivity contribution in [3.63, 3.8) is 0 Å². The molecule has 2 heterocycles. The van der Waals surface area contributed by atoms with Gasteiger partial charge in [0, 0.05) is 24.0 Å². The number of aryl methyl sites for hydroxylation is 1. The van der Waals surface area contributed by atoms with E-state index in [-0.39, 0.29) is 5.60 Å². The highest BCUT2D eigenvalue weighted by Crippen LogP contribution is 2.30. The van der Waals surface area contributed by atoms with Gasteiger partial charge in [-0.2, -0.15) is 0 Å². The third-order valence-electron chi connectivity index (χ3n) is 2.71. The minimum Gasteiger partial charge on any atom is -0.389 e. The van der Waals surface area contributed by atoms with Gasteiger partial charge in [0.05, 0.1) is 11.3 Å². The second-order valence-corrected chi connectivity index (χ2v) is 5.82. The molecule has 0 aliphatic carbocycles. The molecule has 0 saturated heterocycles. The third-order valence-corrected chi connectivity index (χ3v) is 3.70. The molecule has 2 rings (SSSR count). The summed E-state index contributed by atoms with van der Waals surface area (Å²) in [5.74, 6) is 1.36. The molecule has 0 N–H and O–H groups in total. The van der Waals surface area contributed by atoms with Gasteiger partial charge in [-0.3, -0.25) is 5.21 Å². The lowest BCUT2D eigenvalue weighted by Crippen LogP contribution is -2.26. The summed E-state index contributed by atoms with van der Waals surface area (Å²) in [5.41, 5.74) is 1.35. The van der Waals surface area contributed by atoms with E-state index >= 15 is 0 Å². The molecule has 0 amide bonds. The zero-order valence-electron chi connectivity index (χ0n) is 10.4. The Balaban J connectivity index is 1.99. The van der Waals surface area contributed by atoms with Crippen molar-refractivity contribution in [2.24, 2.45) is 5.16 Å². The average Bonchev–Trinajstić information content (AvgIpc) is 2.68. The molecule has 6 heteroatoms. The molecule has 1 aromatic heterocycles. The van der Waals surface area contributed by atoms with Crippen LogP contribution in [0, 0.1) is 19.1 Å². The second kappa shape index (κ2) is 4.25. The van der Waals surface area contributed by atoms with Crippen molar-refractivity contribution < 1.29 is 14.3 Å². The maximum atomic E-state index is 11.2. The van der Waals surface area contributed by atoms with Crippen molar-refractivity contribution in [3.8, 4) is 0 Å². The molecule has 0 spiro atoms. The predicted molar refractivity (Wildman–Crippen MR) is 65.7 cm³/mol. The fourth-order valence-corrected chi connectivity index (χ4v) is 2.92. The van der Waals surface area contributed by atoms with Gasteiger partial charge in [-0.05, 0) is 20.8 Å². The zero-order valence-corrected chi connectivity index (χ0v) is 11.3. The summed E-state index contributed by atoms with van der Waals surface area (Å²) in [6, 6.07) is 0. The standard InChI is InChI=1S/C11H16N2O3S/c1-7-9(8(2)15-13(7)14)6-17-10-5-11(3,4)16-12-10/h5-6H2,1-4H3. The molecule has 0 atom stereocenters. The number of oxime groups is 1. The van der Waals surface area contributed by atoms with E-state index in [1.54, 1.807) is 25.6 Å². The van der Waals surface area contributed by atoms with E-state index in [4.69, 9.17) is 9.36 Å². The number of nitrogens with zero attached hydrogens (tertiary/aromatic N) is 2. The first-order valence-electron chi connectivity index (χ1n) is 5.46. The van der Waals surface area contributed by atoms with Crippen LogP contribution >= 0.6 is 11.8 Å². The topological polar surface area (TPSA) is 61.7 Å². The van der Waals surface area contributed by atoms with Crippen LogP contribution in [0.15, 0.2) is 9.68 Å². The summed E-state index contributed by atoms with van der Waals surface area (Å²) in [5, 5.41) is 16.2. The molecular formula is C11H16N2O3S. The Kier molecular flexibility index (Phi) is 3.07. The normalized spacial score (nSPS) is 18.0. The Morgan fingerprint density at radius 3 is 2.65 bits per heavy atom. The first-order valence-corrected chi connectivity index (χ1v) is 6.44. The molecular weight excluding hydrogens is 240 g/mol. The molecule has 1 aliphatic heterocycles. The van der Waals surface area contributed by atoms with Gasteiger partial charge in [-0.1, -0.05) is 5.16 Å². The molecule has 1 aromatic rings. The van der Waals surface area contributed by atoms with Gasteiger partial charge in [-0.15, -0.1) is 11.8 Å². The van der Waals surface area contributed by atoms with Gasteiger partial charge in [-0.25, -0.2) is 0 Å². The summed E-state index contributed by atoms with van der Waals surface area (Å²) in [4.78, 5) is 5.84. The highest BCUT2D eigenvalue weighted by atomic mass is 32.2. The van der Waals surface area contributed by atoms with Gasteiger partial charge in [0.15, 0.2) is 0 Å². The number of hydrogen-bond donors (Lipinski definition) is 0. The first-order chi connectivity index (χ1) is 7.89. The van der Waals surface area contributed by atoms with Crippen molar-refractivity contribution in [1.29, 1.82) is 0 Å². The molecule has 1 aliphatic rings. The second-order valence-electron chi connectivity index (χ2n) is 4.77. The molecule has 0 saturated carbocycles. The van der Waals surface area contributed by atoms with Crippen LogP contribution in [-0.2, 0) is 10.6 Å². The summed E-state index contributed by atoms with van der Waals surface area (Å²) in [6.45, 7) is 7.57. The number of aromatic nitrogens is 1. The minimum atomic E-state index is -0.207. The van der Waals surface area contributed by atoms with E-state index in [0.717, 1.165) is 17.0 Å². The maximum absolute atomic E-state index is 11.2. The first kappa shape index (κ1) is 12.3. The fourth-order valence-electron chi connectivity index (χ4n) is 1.66. The van der Waals surface area contributed by atoms with E-state index in [0.29, 0.717) is 22.1 Å². The molecule has 0 unspecified atom stereocenters. The SMILES string of the molecule is Cc1o[n+]([O-])c(C)c1CSC1=NOC(C)(C)C1. The molecule has 0 bridgehead atoms. The molecule has 0 fully saturated rings. The van der Waals surface area contributed by atoms with Crippen molar-refractivity contribution in [2.75, 3.05) is 0 Å². The Hall–Kier alpha value is -1.17. The van der Waals surface area contributed by atoms with Crippen molar-refractivity contribution in [2.45, 2.75) is 45.5 Å². The summed E-state index contributed by atoms with van der Waals surface area (Å²) >= 11 is 1.59. The van der Waals surface area contributed by atoms with Gasteiger partial charge >= 0.3 is 0 Å². The molecule has 94 valence electrons. The minimum absolute atomic E-state index is 0.207. The molecule has 0 radical (unpaired) electrons. The lowest BCUT2D eigenvalue weighted by molar-refractivity contribution is -0.798. The van der Waals surface area contributed by atoms with Crippen molar-refractivity contribution in [3.05, 3.63) is 22.2 Å². The molecule has 5 nitrogen and oxygen atoms in total. The predicted octanol–water partition coefficient (Wildman–Crippen LogP) is 2.28. The van der Waals surface area contributed by atoms with Crippen LogP contribution in [0.5, 0.6) is 0 Å². The maximum Gasteiger partial charge on any atom is 0.247 e. The zero-order chi connectivity index (χ0) is 12.6. The lowest BCUT2D eigenvalue weighted by atomic mass is 10.1. The van der Waals surface area contributed by atoms with Crippen LogP contribution in [0.3, 0.4) is 0 Å². The summed E-state index contributed by atoms with van der Waals surface area (Å²) < 4.78 is 4.98. The van der Waals surface area contributed by atoms with Crippen LogP contribution < -0.4 is 4.90 Å². The highest BCUT2D eigenvalue weighted by Gasteiger charge is 2.29. The van der Waals surface area contributed by atoms with Crippen LogP contribution in [0.1, 0.15) is 37.3 Å².